The SMILES string of the molecule is CN(C)C1CCN(C(=O)C(O)(c2cccs2)C2CCCC2)CC1. The van der Waals surface area contributed by atoms with E-state index in [0.717, 1.165) is 56.5 Å². The van der Waals surface area contributed by atoms with Gasteiger partial charge in [-0.2, -0.15) is 0 Å². The van der Waals surface area contributed by atoms with E-state index < -0.39 is 5.60 Å². The van der Waals surface area contributed by atoms with Crippen LogP contribution >= 0.6 is 11.3 Å². The molecule has 1 atom stereocenters. The Labute approximate surface area is 143 Å². The summed E-state index contributed by atoms with van der Waals surface area (Å²) in [6.45, 7) is 1.50. The first-order chi connectivity index (χ1) is 11.0. The molecule has 5 heteroatoms. The molecule has 23 heavy (non-hydrogen) atoms. The molecule has 1 aromatic heterocycles. The van der Waals surface area contributed by atoms with Gasteiger partial charge in [0.2, 0.25) is 0 Å². The van der Waals surface area contributed by atoms with Crippen molar-refractivity contribution in [2.45, 2.75) is 50.2 Å². The summed E-state index contributed by atoms with van der Waals surface area (Å²) in [7, 11) is 4.20. The fraction of sp³-hybridized carbons (Fsp3) is 0.722. The quantitative estimate of drug-likeness (QED) is 0.919. The van der Waals surface area contributed by atoms with Gasteiger partial charge in [-0.3, -0.25) is 4.79 Å². The maximum Gasteiger partial charge on any atom is 0.260 e. The average molecular weight is 337 g/mol. The van der Waals surface area contributed by atoms with Gasteiger partial charge in [-0.05, 0) is 51.2 Å². The van der Waals surface area contributed by atoms with Gasteiger partial charge >= 0.3 is 0 Å². The van der Waals surface area contributed by atoms with E-state index in [1.807, 2.05) is 22.4 Å². The molecule has 0 radical (unpaired) electrons. The molecule has 0 spiro atoms. The number of rotatable bonds is 4. The van der Waals surface area contributed by atoms with Crippen LogP contribution in [0.1, 0.15) is 43.4 Å². The van der Waals surface area contributed by atoms with E-state index in [0.29, 0.717) is 6.04 Å². The van der Waals surface area contributed by atoms with Gasteiger partial charge in [0.05, 0.1) is 0 Å². The Morgan fingerprint density at radius 1 is 1.26 bits per heavy atom. The molecule has 1 saturated carbocycles. The number of carbonyl (C=O) groups excluding carboxylic acids is 1. The highest BCUT2D eigenvalue weighted by molar-refractivity contribution is 7.10. The summed E-state index contributed by atoms with van der Waals surface area (Å²) in [5, 5.41) is 13.4. The molecule has 1 aliphatic carbocycles. The van der Waals surface area contributed by atoms with Crippen molar-refractivity contribution in [1.29, 1.82) is 0 Å². The molecule has 1 N–H and O–H groups in total. The Hall–Kier alpha value is -0.910. The molecule has 4 nitrogen and oxygen atoms in total. The Morgan fingerprint density at radius 2 is 1.91 bits per heavy atom. The summed E-state index contributed by atoms with van der Waals surface area (Å²) in [5.74, 6) is 0.00396. The van der Waals surface area contributed by atoms with Crippen LogP contribution in [-0.2, 0) is 10.4 Å². The normalized spacial score (nSPS) is 23.4. The van der Waals surface area contributed by atoms with Gasteiger partial charge in [0.25, 0.3) is 5.91 Å². The van der Waals surface area contributed by atoms with Gasteiger partial charge in [-0.1, -0.05) is 18.9 Å². The molecule has 0 bridgehead atoms. The van der Waals surface area contributed by atoms with E-state index in [4.69, 9.17) is 0 Å². The second kappa shape index (κ2) is 6.91. The summed E-state index contributed by atoms with van der Waals surface area (Å²) in [6, 6.07) is 4.40. The van der Waals surface area contributed by atoms with Crippen molar-refractivity contribution in [2.75, 3.05) is 27.2 Å². The maximum absolute atomic E-state index is 13.3. The van der Waals surface area contributed by atoms with Crippen LogP contribution in [0.4, 0.5) is 0 Å². The second-order valence-corrected chi connectivity index (χ2v) is 8.16. The standard InChI is InChI=1S/C18H28N2O2S/c1-19(2)15-9-11-20(12-10-15)17(21)18(22,14-6-3-4-7-14)16-8-5-13-23-16/h5,8,13-15,22H,3-4,6-7,9-12H2,1-2H3. The predicted octanol–water partition coefficient (Wildman–Crippen LogP) is 2.68. The Morgan fingerprint density at radius 3 is 2.43 bits per heavy atom. The van der Waals surface area contributed by atoms with E-state index in [1.54, 1.807) is 0 Å². The molecular weight excluding hydrogens is 308 g/mol. The zero-order chi connectivity index (χ0) is 16.4. The van der Waals surface area contributed by atoms with Gasteiger partial charge in [-0.25, -0.2) is 0 Å². The van der Waals surface area contributed by atoms with Gasteiger partial charge in [0, 0.05) is 29.9 Å². The Balaban J connectivity index is 1.79. The molecule has 0 aromatic carbocycles. The fourth-order valence-corrected chi connectivity index (χ4v) is 5.04. The number of thiophene rings is 1. The molecule has 2 fully saturated rings. The average Bonchev–Trinajstić information content (AvgIpc) is 3.26. The monoisotopic (exact) mass is 336 g/mol. The fourth-order valence-electron chi connectivity index (χ4n) is 4.15. The van der Waals surface area contributed by atoms with E-state index in [2.05, 4.69) is 19.0 Å². The van der Waals surface area contributed by atoms with Crippen molar-refractivity contribution in [2.24, 2.45) is 5.92 Å². The Bertz CT molecular complexity index is 517. The van der Waals surface area contributed by atoms with E-state index in [1.165, 1.54) is 11.3 Å². The number of hydrogen-bond donors (Lipinski definition) is 1. The van der Waals surface area contributed by atoms with Crippen LogP contribution in [0.25, 0.3) is 0 Å². The smallest absolute Gasteiger partial charge is 0.260 e. The molecule has 1 unspecified atom stereocenters. The molecule has 128 valence electrons. The number of amides is 1. The Kier molecular flexibility index (Phi) is 5.09. The number of hydrogen-bond acceptors (Lipinski definition) is 4. The summed E-state index contributed by atoms with van der Waals surface area (Å²) < 4.78 is 0. The number of aliphatic hydroxyl groups is 1. The van der Waals surface area contributed by atoms with Crippen LogP contribution in [-0.4, -0.2) is 54.0 Å². The van der Waals surface area contributed by atoms with Gasteiger partial charge in [0.1, 0.15) is 0 Å². The van der Waals surface area contributed by atoms with Crippen LogP contribution in [0.15, 0.2) is 17.5 Å². The second-order valence-electron chi connectivity index (χ2n) is 7.21. The van der Waals surface area contributed by atoms with Gasteiger partial charge < -0.3 is 14.9 Å². The zero-order valence-electron chi connectivity index (χ0n) is 14.2. The number of nitrogens with zero attached hydrogens (tertiary/aromatic N) is 2. The minimum Gasteiger partial charge on any atom is -0.374 e. The first-order valence-electron chi connectivity index (χ1n) is 8.75. The third kappa shape index (κ3) is 3.19. The van der Waals surface area contributed by atoms with Crippen molar-refractivity contribution in [3.63, 3.8) is 0 Å². The van der Waals surface area contributed by atoms with Crippen LogP contribution in [0.3, 0.4) is 0 Å². The van der Waals surface area contributed by atoms with Crippen LogP contribution in [0.2, 0.25) is 0 Å². The van der Waals surface area contributed by atoms with E-state index >= 15 is 0 Å². The van der Waals surface area contributed by atoms with Crippen LogP contribution in [0.5, 0.6) is 0 Å². The van der Waals surface area contributed by atoms with Crippen molar-refractivity contribution < 1.29 is 9.90 Å². The maximum atomic E-state index is 13.3. The summed E-state index contributed by atoms with van der Waals surface area (Å²) in [6.07, 6.45) is 6.12. The molecule has 1 aromatic rings. The molecule has 1 amide bonds. The van der Waals surface area contributed by atoms with Gasteiger partial charge in [0.15, 0.2) is 5.60 Å². The zero-order valence-corrected chi connectivity index (χ0v) is 15.0. The number of likely N-dealkylation sites (tertiary alicyclic amines) is 1. The first kappa shape index (κ1) is 16.9. The largest absolute Gasteiger partial charge is 0.374 e. The first-order valence-corrected chi connectivity index (χ1v) is 9.63. The lowest BCUT2D eigenvalue weighted by atomic mass is 9.82. The number of carbonyl (C=O) groups is 1. The highest BCUT2D eigenvalue weighted by Crippen LogP contribution is 2.43. The third-order valence-electron chi connectivity index (χ3n) is 5.65. The molecule has 1 saturated heterocycles. The molecule has 2 aliphatic rings. The molecule has 1 aliphatic heterocycles. The minimum absolute atomic E-state index is 0.0657. The van der Waals surface area contributed by atoms with Crippen LogP contribution in [0, 0.1) is 5.92 Å². The molecule has 3 rings (SSSR count). The molecule has 2 heterocycles. The van der Waals surface area contributed by atoms with Crippen molar-refractivity contribution >= 4 is 17.2 Å². The van der Waals surface area contributed by atoms with E-state index in [9.17, 15) is 9.90 Å². The predicted molar refractivity (Wildman–Crippen MR) is 93.5 cm³/mol. The van der Waals surface area contributed by atoms with Crippen molar-refractivity contribution in [1.82, 2.24) is 9.80 Å². The number of piperidine rings is 1. The highest BCUT2D eigenvalue weighted by Gasteiger charge is 2.49. The third-order valence-corrected chi connectivity index (χ3v) is 6.65. The highest BCUT2D eigenvalue weighted by atomic mass is 32.1. The lowest BCUT2D eigenvalue weighted by Crippen LogP contribution is -2.54. The van der Waals surface area contributed by atoms with Crippen molar-refractivity contribution in [3.05, 3.63) is 22.4 Å². The lowest BCUT2D eigenvalue weighted by molar-refractivity contribution is -0.160. The van der Waals surface area contributed by atoms with Gasteiger partial charge in [-0.15, -0.1) is 11.3 Å². The van der Waals surface area contributed by atoms with E-state index in [-0.39, 0.29) is 11.8 Å². The summed E-state index contributed by atoms with van der Waals surface area (Å²) in [4.78, 5) is 18.2. The topological polar surface area (TPSA) is 43.8 Å². The summed E-state index contributed by atoms with van der Waals surface area (Å²) >= 11 is 1.51. The summed E-state index contributed by atoms with van der Waals surface area (Å²) in [5.41, 5.74) is -1.31. The van der Waals surface area contributed by atoms with Crippen LogP contribution < -0.4 is 0 Å². The molecular formula is C18H28N2O2S. The van der Waals surface area contributed by atoms with Crippen molar-refractivity contribution in [3.8, 4) is 0 Å². The lowest BCUT2D eigenvalue weighted by Gasteiger charge is -2.41. The minimum atomic E-state index is -1.31.